The van der Waals surface area contributed by atoms with Gasteiger partial charge in [-0.15, -0.1) is 23.5 Å². The lowest BCUT2D eigenvalue weighted by atomic mass is 10.1. The van der Waals surface area contributed by atoms with E-state index in [4.69, 9.17) is 5.11 Å². The van der Waals surface area contributed by atoms with Crippen molar-refractivity contribution in [3.05, 3.63) is 71.8 Å². The van der Waals surface area contributed by atoms with Gasteiger partial charge in [-0.3, -0.25) is 19.2 Å². The number of carbonyl (C=O) groups excluding carboxylic acids is 3. The number of thioether (sulfide) groups is 2. The minimum absolute atomic E-state index is 0.132. The third-order valence-electron chi connectivity index (χ3n) is 11.6. The second kappa shape index (κ2) is 20.1. The second-order valence-electron chi connectivity index (χ2n) is 15.3. The van der Waals surface area contributed by atoms with Gasteiger partial charge >= 0.3 is 5.97 Å². The van der Waals surface area contributed by atoms with E-state index in [0.717, 1.165) is 49.8 Å². The van der Waals surface area contributed by atoms with Gasteiger partial charge in [-0.2, -0.15) is 0 Å². The Balaban J connectivity index is 0.000000150. The predicted molar refractivity (Wildman–Crippen MR) is 214 cm³/mol. The third kappa shape index (κ3) is 12.0. The molecular weight excluding hydrogens is 705 g/mol. The van der Waals surface area contributed by atoms with E-state index in [1.165, 1.54) is 56.9 Å². The van der Waals surface area contributed by atoms with Crippen molar-refractivity contribution in [2.45, 2.75) is 86.5 Å². The first-order valence-electron chi connectivity index (χ1n) is 20.0. The minimum Gasteiger partial charge on any atom is -0.481 e. The third-order valence-corrected chi connectivity index (χ3v) is 14.3. The standard InChI is InChI=1S/C21H28N2O2S.C11H20N2OS.C10H10O2/c24-20(15-26-17-8-4-5-9-17)22-10-12-23(13-11-22)21(25)19-14-18(19)16-6-2-1-3-7-16;14-11(13-7-5-12-6-8-13)9-15-10-3-1-2-4-10;11-10(12)9-6-8(9)7-4-2-1-3-5-7/h1-3,6-7,17-19H,4-5,8-15H2;10,12H,1-9H2;1-5,8-9H,6H2,(H,11,12)/t18-,19-;;8-,9-/m0.0/s1. The Labute approximate surface area is 324 Å². The second-order valence-corrected chi connectivity index (χ2v) is 17.9. The SMILES string of the molecule is O=C(CSC1CCCC1)N1CCN(C(=O)[C@H]2C[C@H]2c2ccccc2)CC1.O=C(CSC1CCCC1)N1CCNCC1.O=C(O)[C@H]1C[C@H]1c1ccccc1. The van der Waals surface area contributed by atoms with Crippen LogP contribution in [0, 0.1) is 11.8 Å². The number of piperazine rings is 2. The van der Waals surface area contributed by atoms with E-state index in [1.807, 2.05) is 86.8 Å². The summed E-state index contributed by atoms with van der Waals surface area (Å²) in [5.41, 5.74) is 2.44. The molecule has 0 unspecified atom stereocenters. The molecule has 2 heterocycles. The molecule has 2 saturated heterocycles. The highest BCUT2D eigenvalue weighted by molar-refractivity contribution is 8.00. The number of carboxylic acid groups (broad SMARTS) is 1. The first-order valence-corrected chi connectivity index (χ1v) is 22.1. The number of amides is 3. The Morgan fingerprint density at radius 3 is 1.45 bits per heavy atom. The van der Waals surface area contributed by atoms with Crippen molar-refractivity contribution >= 4 is 47.2 Å². The molecule has 0 radical (unpaired) electrons. The Morgan fingerprint density at radius 2 is 1.00 bits per heavy atom. The fourth-order valence-corrected chi connectivity index (χ4v) is 10.5. The van der Waals surface area contributed by atoms with Crippen LogP contribution in [0.2, 0.25) is 0 Å². The highest BCUT2D eigenvalue weighted by Crippen LogP contribution is 2.49. The molecule has 9 nitrogen and oxygen atoms in total. The maximum Gasteiger partial charge on any atom is 0.307 e. The van der Waals surface area contributed by atoms with Crippen molar-refractivity contribution in [1.82, 2.24) is 20.0 Å². The Bertz CT molecular complexity index is 1470. The summed E-state index contributed by atoms with van der Waals surface area (Å²) >= 11 is 3.71. The fraction of sp³-hybridized carbons (Fsp3) is 0.619. The molecular formula is C42H58N4O5S2. The molecule has 4 saturated carbocycles. The highest BCUT2D eigenvalue weighted by Gasteiger charge is 2.46. The molecule has 8 rings (SSSR count). The molecule has 2 aromatic carbocycles. The van der Waals surface area contributed by atoms with Gasteiger partial charge in [-0.25, -0.2) is 0 Å². The molecule has 0 spiro atoms. The van der Waals surface area contributed by atoms with Gasteiger partial charge < -0.3 is 25.1 Å². The van der Waals surface area contributed by atoms with E-state index in [2.05, 4.69) is 17.4 Å². The number of benzene rings is 2. The van der Waals surface area contributed by atoms with Gasteiger partial charge in [-0.1, -0.05) is 86.3 Å². The number of carbonyl (C=O) groups is 4. The van der Waals surface area contributed by atoms with E-state index in [9.17, 15) is 19.2 Å². The van der Waals surface area contributed by atoms with Crippen molar-refractivity contribution < 1.29 is 24.3 Å². The van der Waals surface area contributed by atoms with Crippen molar-refractivity contribution in [3.8, 4) is 0 Å². The number of hydrogen-bond donors (Lipinski definition) is 2. The molecule has 2 aliphatic heterocycles. The lowest BCUT2D eigenvalue weighted by Crippen LogP contribution is -2.51. The number of rotatable bonds is 10. The summed E-state index contributed by atoms with van der Waals surface area (Å²) in [6.07, 6.45) is 12.3. The van der Waals surface area contributed by atoms with Gasteiger partial charge in [0.2, 0.25) is 17.7 Å². The lowest BCUT2D eigenvalue weighted by molar-refractivity contribution is -0.139. The molecule has 0 aromatic heterocycles. The number of hydrogen-bond acceptors (Lipinski definition) is 7. The first kappa shape index (κ1) is 39.7. The van der Waals surface area contributed by atoms with Crippen molar-refractivity contribution in [2.75, 3.05) is 63.9 Å². The molecule has 2 N–H and O–H groups in total. The maximum atomic E-state index is 12.7. The van der Waals surface area contributed by atoms with Crippen LogP contribution >= 0.6 is 23.5 Å². The molecule has 3 amide bonds. The van der Waals surface area contributed by atoms with Gasteiger partial charge in [0.05, 0.1) is 17.4 Å². The Morgan fingerprint density at radius 1 is 0.585 bits per heavy atom. The van der Waals surface area contributed by atoms with Gasteiger partial charge in [-0.05, 0) is 61.5 Å². The number of carboxylic acids is 1. The average Bonchev–Trinajstić information content (AvgIpc) is 4.07. The maximum absolute atomic E-state index is 12.7. The van der Waals surface area contributed by atoms with E-state index < -0.39 is 5.97 Å². The van der Waals surface area contributed by atoms with Crippen LogP contribution in [0.1, 0.15) is 87.2 Å². The van der Waals surface area contributed by atoms with Gasteiger partial charge in [0.25, 0.3) is 0 Å². The fourth-order valence-electron chi connectivity index (χ4n) is 8.07. The van der Waals surface area contributed by atoms with Gasteiger partial charge in [0.1, 0.15) is 0 Å². The summed E-state index contributed by atoms with van der Waals surface area (Å²) in [4.78, 5) is 53.5. The van der Waals surface area contributed by atoms with Crippen LogP contribution in [0.25, 0.3) is 0 Å². The zero-order valence-corrected chi connectivity index (χ0v) is 32.8. The molecule has 4 atom stereocenters. The Hall–Kier alpha value is -3.02. The van der Waals surface area contributed by atoms with E-state index in [1.54, 1.807) is 0 Å². The molecule has 6 aliphatic rings. The van der Waals surface area contributed by atoms with Crippen molar-refractivity contribution in [2.24, 2.45) is 11.8 Å². The van der Waals surface area contributed by atoms with Crippen molar-refractivity contribution in [3.63, 3.8) is 0 Å². The molecule has 11 heteroatoms. The normalized spacial score (nSPS) is 25.5. The van der Waals surface area contributed by atoms with E-state index in [0.29, 0.717) is 54.8 Å². The lowest BCUT2D eigenvalue weighted by Gasteiger charge is -2.35. The van der Waals surface area contributed by atoms with Crippen LogP contribution in [0.15, 0.2) is 60.7 Å². The van der Waals surface area contributed by atoms with Crippen LogP contribution in [0.5, 0.6) is 0 Å². The summed E-state index contributed by atoms with van der Waals surface area (Å²) in [7, 11) is 0. The number of nitrogens with one attached hydrogen (secondary N) is 1. The summed E-state index contributed by atoms with van der Waals surface area (Å²) in [6.45, 7) is 6.47. The molecule has 2 aromatic rings. The van der Waals surface area contributed by atoms with Crippen LogP contribution in [0.3, 0.4) is 0 Å². The monoisotopic (exact) mass is 762 g/mol. The van der Waals surface area contributed by atoms with Gasteiger partial charge in [0, 0.05) is 68.8 Å². The summed E-state index contributed by atoms with van der Waals surface area (Å²) < 4.78 is 0. The topological polar surface area (TPSA) is 110 Å². The van der Waals surface area contributed by atoms with Crippen LogP contribution in [0.4, 0.5) is 0 Å². The Kier molecular flexibility index (Phi) is 15.0. The molecule has 4 aliphatic carbocycles. The summed E-state index contributed by atoms with van der Waals surface area (Å²) in [5, 5.41) is 13.4. The molecule has 288 valence electrons. The number of aliphatic carboxylic acids is 1. The smallest absolute Gasteiger partial charge is 0.307 e. The zero-order valence-electron chi connectivity index (χ0n) is 31.1. The van der Waals surface area contributed by atoms with E-state index in [-0.39, 0.29) is 29.6 Å². The quantitative estimate of drug-likeness (QED) is 0.299. The molecule has 0 bridgehead atoms. The van der Waals surface area contributed by atoms with Crippen LogP contribution < -0.4 is 5.32 Å². The summed E-state index contributed by atoms with van der Waals surface area (Å²) in [6, 6.07) is 20.2. The van der Waals surface area contributed by atoms with Gasteiger partial charge in [0.15, 0.2) is 0 Å². The molecule has 53 heavy (non-hydrogen) atoms. The summed E-state index contributed by atoms with van der Waals surface area (Å²) in [5.74, 6) is 2.20. The van der Waals surface area contributed by atoms with Crippen molar-refractivity contribution in [1.29, 1.82) is 0 Å². The highest BCUT2D eigenvalue weighted by atomic mass is 32.2. The largest absolute Gasteiger partial charge is 0.481 e. The van der Waals surface area contributed by atoms with E-state index >= 15 is 0 Å². The average molecular weight is 763 g/mol. The first-order chi connectivity index (χ1) is 25.9. The zero-order chi connectivity index (χ0) is 37.0. The van der Waals surface area contributed by atoms with Crippen LogP contribution in [-0.4, -0.2) is 118 Å². The predicted octanol–water partition coefficient (Wildman–Crippen LogP) is 6.11. The van der Waals surface area contributed by atoms with Crippen LogP contribution in [-0.2, 0) is 19.2 Å². The molecule has 6 fully saturated rings. The minimum atomic E-state index is -0.663. The number of nitrogens with zero attached hydrogens (tertiary/aromatic N) is 3.